The van der Waals surface area contributed by atoms with Gasteiger partial charge < -0.3 is 0 Å². The quantitative estimate of drug-likeness (QED) is 0.563. The molecule has 16 heavy (non-hydrogen) atoms. The minimum atomic E-state index is -0.177. The summed E-state index contributed by atoms with van der Waals surface area (Å²) in [5.41, 5.74) is 1.20. The van der Waals surface area contributed by atoms with Gasteiger partial charge in [-0.05, 0) is 12.1 Å². The van der Waals surface area contributed by atoms with Crippen LogP contribution in [0.1, 0.15) is 0 Å². The molecular weight excluding hydrogens is 202 g/mol. The Balaban J connectivity index is 2.69. The number of aromatic nitrogens is 3. The smallest absolute Gasteiger partial charge is 0.232 e. The maximum absolute atomic E-state index is 12.1. The first kappa shape index (κ1) is 8.91. The molecule has 0 aliphatic rings. The third-order valence-corrected chi connectivity index (χ3v) is 2.42. The van der Waals surface area contributed by atoms with Gasteiger partial charge in [0.2, 0.25) is 5.43 Å². The highest BCUT2D eigenvalue weighted by molar-refractivity contribution is 5.86. The molecule has 3 aromatic rings. The highest BCUT2D eigenvalue weighted by Gasteiger charge is 2.03. The summed E-state index contributed by atoms with van der Waals surface area (Å²) >= 11 is 0. The van der Waals surface area contributed by atoms with Crippen molar-refractivity contribution in [3.63, 3.8) is 0 Å². The van der Waals surface area contributed by atoms with E-state index in [2.05, 4.69) is 15.0 Å². The summed E-state index contributed by atoms with van der Waals surface area (Å²) in [4.78, 5) is 24.4. The maximum Gasteiger partial charge on any atom is 0.232 e. The third-order valence-electron chi connectivity index (χ3n) is 2.42. The molecule has 0 saturated heterocycles. The average Bonchev–Trinajstić information content (AvgIpc) is 2.49. The summed E-state index contributed by atoms with van der Waals surface area (Å²) in [5.74, 6) is 0. The lowest BCUT2D eigenvalue weighted by atomic mass is 10.3. The second kappa shape index (κ2) is 3.34. The molecule has 0 atom stereocenters. The van der Waals surface area contributed by atoms with E-state index in [-0.39, 0.29) is 5.43 Å². The van der Waals surface area contributed by atoms with Gasteiger partial charge in [0.15, 0.2) is 0 Å². The van der Waals surface area contributed by atoms with Crippen LogP contribution >= 0.6 is 0 Å². The fraction of sp³-hybridized carbons (Fsp3) is 0. The molecule has 0 aliphatic heterocycles. The highest BCUT2D eigenvalue weighted by Crippen LogP contribution is 2.09. The van der Waals surface area contributed by atoms with Crippen molar-refractivity contribution in [2.45, 2.75) is 0 Å². The van der Waals surface area contributed by atoms with Gasteiger partial charge in [0.1, 0.15) is 11.0 Å². The van der Waals surface area contributed by atoms with Crippen molar-refractivity contribution in [3.8, 4) is 0 Å². The van der Waals surface area contributed by atoms with Crippen molar-refractivity contribution in [2.24, 2.45) is 0 Å². The zero-order valence-electron chi connectivity index (χ0n) is 8.29. The van der Waals surface area contributed by atoms with Crippen LogP contribution in [0.2, 0.25) is 0 Å². The molecule has 4 nitrogen and oxygen atoms in total. The van der Waals surface area contributed by atoms with Gasteiger partial charge >= 0.3 is 0 Å². The van der Waals surface area contributed by atoms with Gasteiger partial charge in [0, 0.05) is 24.0 Å². The first-order chi connectivity index (χ1) is 7.86. The molecule has 1 aromatic carbocycles. The lowest BCUT2D eigenvalue weighted by Crippen LogP contribution is -2.02. The lowest BCUT2D eigenvalue weighted by Gasteiger charge is -1.88. The molecule has 0 unspecified atom stereocenters. The Bertz CT molecular complexity index is 678. The highest BCUT2D eigenvalue weighted by atomic mass is 16.1. The van der Waals surface area contributed by atoms with Crippen molar-refractivity contribution in [1.82, 2.24) is 15.0 Å². The number of nitrogens with zero attached hydrogens (tertiary/aromatic N) is 3. The van der Waals surface area contributed by atoms with Crippen molar-refractivity contribution >= 4 is 21.9 Å². The van der Waals surface area contributed by atoms with Crippen molar-refractivity contribution in [3.05, 3.63) is 53.1 Å². The van der Waals surface area contributed by atoms with Crippen LogP contribution in [0.25, 0.3) is 21.9 Å². The van der Waals surface area contributed by atoms with E-state index in [4.69, 9.17) is 0 Å². The van der Waals surface area contributed by atoms with E-state index >= 15 is 0 Å². The molecule has 0 bridgehead atoms. The number of hydrogen-bond acceptors (Lipinski definition) is 4. The standard InChI is InChI=1S/C12H7N3O/c16-12-10-8(2-1-5-14-10)3-4-9-11(12)15-7-6-13-9/h1-7H. The second-order valence-corrected chi connectivity index (χ2v) is 3.39. The van der Waals surface area contributed by atoms with Gasteiger partial charge in [-0.2, -0.15) is 0 Å². The summed E-state index contributed by atoms with van der Waals surface area (Å²) in [6.45, 7) is 0. The Morgan fingerprint density at radius 1 is 0.812 bits per heavy atom. The minimum absolute atomic E-state index is 0.177. The van der Waals surface area contributed by atoms with Crippen molar-refractivity contribution in [1.29, 1.82) is 0 Å². The monoisotopic (exact) mass is 209 g/mol. The molecule has 0 saturated carbocycles. The van der Waals surface area contributed by atoms with Gasteiger partial charge in [0.25, 0.3) is 0 Å². The fourth-order valence-electron chi connectivity index (χ4n) is 1.67. The van der Waals surface area contributed by atoms with E-state index in [0.29, 0.717) is 16.6 Å². The second-order valence-electron chi connectivity index (χ2n) is 3.39. The van der Waals surface area contributed by atoms with E-state index in [0.717, 1.165) is 5.39 Å². The van der Waals surface area contributed by atoms with Gasteiger partial charge in [-0.15, -0.1) is 0 Å². The molecule has 3 rings (SSSR count). The van der Waals surface area contributed by atoms with Gasteiger partial charge in [-0.3, -0.25) is 14.8 Å². The summed E-state index contributed by atoms with van der Waals surface area (Å²) in [5, 5.41) is 0.798. The molecule has 2 heterocycles. The molecule has 0 spiro atoms. The van der Waals surface area contributed by atoms with Crippen LogP contribution in [0, 0.1) is 0 Å². The Kier molecular flexibility index (Phi) is 1.86. The normalized spacial score (nSPS) is 10.8. The largest absolute Gasteiger partial charge is 0.285 e. The van der Waals surface area contributed by atoms with Crippen LogP contribution in [-0.4, -0.2) is 15.0 Å². The summed E-state index contributed by atoms with van der Waals surface area (Å²) in [6, 6.07) is 7.27. The number of rotatable bonds is 0. The maximum atomic E-state index is 12.1. The lowest BCUT2D eigenvalue weighted by molar-refractivity contribution is 1.29. The Morgan fingerprint density at radius 2 is 1.62 bits per heavy atom. The van der Waals surface area contributed by atoms with E-state index in [1.807, 2.05) is 12.1 Å². The molecule has 0 fully saturated rings. The first-order valence-electron chi connectivity index (χ1n) is 4.85. The summed E-state index contributed by atoms with van der Waals surface area (Å²) in [7, 11) is 0. The van der Waals surface area contributed by atoms with Gasteiger partial charge in [-0.25, -0.2) is 4.98 Å². The molecule has 0 radical (unpaired) electrons. The van der Waals surface area contributed by atoms with Crippen LogP contribution < -0.4 is 5.43 Å². The first-order valence-corrected chi connectivity index (χ1v) is 4.85. The van der Waals surface area contributed by atoms with Crippen LogP contribution in [0.4, 0.5) is 0 Å². The molecular formula is C12H7N3O. The number of pyridine rings is 1. The zero-order chi connectivity index (χ0) is 11.0. The third kappa shape index (κ3) is 1.24. The molecule has 2 aromatic heterocycles. The minimum Gasteiger partial charge on any atom is -0.285 e. The topological polar surface area (TPSA) is 55.7 Å². The van der Waals surface area contributed by atoms with Crippen LogP contribution in [0.15, 0.2) is 47.7 Å². The Labute approximate surface area is 90.6 Å². The van der Waals surface area contributed by atoms with Crippen LogP contribution in [0.5, 0.6) is 0 Å². The van der Waals surface area contributed by atoms with E-state index in [1.165, 1.54) is 6.20 Å². The van der Waals surface area contributed by atoms with E-state index in [1.54, 1.807) is 24.5 Å². The van der Waals surface area contributed by atoms with Crippen molar-refractivity contribution < 1.29 is 0 Å². The fourth-order valence-corrected chi connectivity index (χ4v) is 1.67. The van der Waals surface area contributed by atoms with E-state index in [9.17, 15) is 4.79 Å². The van der Waals surface area contributed by atoms with Crippen LogP contribution in [0.3, 0.4) is 0 Å². The average molecular weight is 209 g/mol. The summed E-state index contributed by atoms with van der Waals surface area (Å²) < 4.78 is 0. The molecule has 0 N–H and O–H groups in total. The van der Waals surface area contributed by atoms with E-state index < -0.39 is 0 Å². The number of fused-ring (bicyclic) bond motifs is 2. The molecule has 0 aliphatic carbocycles. The zero-order valence-corrected chi connectivity index (χ0v) is 8.29. The van der Waals surface area contributed by atoms with Gasteiger partial charge in [-0.1, -0.05) is 12.1 Å². The molecule has 0 amide bonds. The van der Waals surface area contributed by atoms with Gasteiger partial charge in [0.05, 0.1) is 5.52 Å². The van der Waals surface area contributed by atoms with Crippen molar-refractivity contribution in [2.75, 3.05) is 0 Å². The summed E-state index contributed by atoms with van der Waals surface area (Å²) in [6.07, 6.45) is 4.68. The van der Waals surface area contributed by atoms with Crippen LogP contribution in [-0.2, 0) is 0 Å². The SMILES string of the molecule is O=c1c2ncccc2ccc2nccnc12. The number of hydrogen-bond donors (Lipinski definition) is 0. The Morgan fingerprint density at radius 3 is 2.56 bits per heavy atom. The Hall–Kier alpha value is -2.36. The predicted octanol–water partition coefficient (Wildman–Crippen LogP) is 1.54. The molecule has 76 valence electrons. The predicted molar refractivity (Wildman–Crippen MR) is 61.1 cm³/mol. The molecule has 4 heteroatoms.